The van der Waals surface area contributed by atoms with Gasteiger partial charge in [-0.3, -0.25) is 0 Å². The number of aromatic hydroxyl groups is 1. The summed E-state index contributed by atoms with van der Waals surface area (Å²) in [6, 6.07) is 13.7. The largest absolute Gasteiger partial charge is 0.507 e. The molecule has 2 rings (SSSR count). The van der Waals surface area contributed by atoms with E-state index in [1.165, 1.54) is 6.07 Å². The highest BCUT2D eigenvalue weighted by Crippen LogP contribution is 2.24. The fourth-order valence-corrected chi connectivity index (χ4v) is 1.79. The maximum atomic E-state index is 12.1. The molecule has 0 bridgehead atoms. The van der Waals surface area contributed by atoms with Gasteiger partial charge in [-0.1, -0.05) is 36.4 Å². The highest BCUT2D eigenvalue weighted by Gasteiger charge is 2.17. The molecule has 2 aromatic carbocycles. The Bertz CT molecular complexity index is 588. The van der Waals surface area contributed by atoms with E-state index in [9.17, 15) is 9.90 Å². The summed E-state index contributed by atoms with van der Waals surface area (Å²) in [7, 11) is 0. The molecule has 19 heavy (non-hydrogen) atoms. The van der Waals surface area contributed by atoms with Crippen LogP contribution in [0.25, 0.3) is 0 Å². The molecule has 0 heterocycles. The molecule has 0 aromatic heterocycles. The van der Waals surface area contributed by atoms with Crippen LogP contribution in [0.1, 0.15) is 15.9 Å². The number of rotatable bonds is 4. The molecule has 0 radical (unpaired) electrons. The smallest absolute Gasteiger partial charge is 0.347 e. The Labute approximate surface area is 111 Å². The van der Waals surface area contributed by atoms with Crippen LogP contribution in [0.5, 0.6) is 11.5 Å². The Morgan fingerprint density at radius 1 is 1.16 bits per heavy atom. The third-order valence-electron chi connectivity index (χ3n) is 2.65. The molecule has 0 aliphatic heterocycles. The van der Waals surface area contributed by atoms with Crippen LogP contribution in [-0.2, 0) is 6.42 Å². The minimum Gasteiger partial charge on any atom is -0.507 e. The van der Waals surface area contributed by atoms with E-state index in [0.29, 0.717) is 17.7 Å². The van der Waals surface area contributed by atoms with E-state index in [2.05, 4.69) is 6.58 Å². The molecule has 0 saturated heterocycles. The van der Waals surface area contributed by atoms with Crippen molar-refractivity contribution in [3.63, 3.8) is 0 Å². The zero-order valence-corrected chi connectivity index (χ0v) is 10.4. The molecule has 96 valence electrons. The third kappa shape index (κ3) is 3.01. The third-order valence-corrected chi connectivity index (χ3v) is 2.65. The topological polar surface area (TPSA) is 46.5 Å². The number of carbonyl (C=O) groups is 1. The molecule has 2 aromatic rings. The van der Waals surface area contributed by atoms with Gasteiger partial charge in [0.05, 0.1) is 0 Å². The maximum absolute atomic E-state index is 12.1. The normalized spacial score (nSPS) is 9.89. The van der Waals surface area contributed by atoms with Gasteiger partial charge in [-0.05, 0) is 30.2 Å². The highest BCUT2D eigenvalue weighted by atomic mass is 16.5. The molecule has 0 atom stereocenters. The Kier molecular flexibility index (Phi) is 3.98. The van der Waals surface area contributed by atoms with Crippen LogP contribution >= 0.6 is 0 Å². The maximum Gasteiger partial charge on any atom is 0.347 e. The molecule has 0 unspecified atom stereocenters. The summed E-state index contributed by atoms with van der Waals surface area (Å²) in [6.07, 6.45) is 2.17. The summed E-state index contributed by atoms with van der Waals surface area (Å²) >= 11 is 0. The summed E-state index contributed by atoms with van der Waals surface area (Å²) in [5, 5.41) is 9.83. The Balaban J connectivity index is 2.30. The molecule has 0 aliphatic carbocycles. The molecular weight excluding hydrogens is 240 g/mol. The molecule has 3 nitrogen and oxygen atoms in total. The van der Waals surface area contributed by atoms with Gasteiger partial charge in [0.15, 0.2) is 0 Å². The monoisotopic (exact) mass is 254 g/mol. The van der Waals surface area contributed by atoms with Gasteiger partial charge >= 0.3 is 5.97 Å². The van der Waals surface area contributed by atoms with Crippen molar-refractivity contribution in [3.8, 4) is 11.5 Å². The van der Waals surface area contributed by atoms with Crippen molar-refractivity contribution in [2.45, 2.75) is 6.42 Å². The Morgan fingerprint density at radius 3 is 2.58 bits per heavy atom. The van der Waals surface area contributed by atoms with Crippen molar-refractivity contribution >= 4 is 5.97 Å². The van der Waals surface area contributed by atoms with Crippen molar-refractivity contribution < 1.29 is 14.6 Å². The first-order valence-corrected chi connectivity index (χ1v) is 5.91. The predicted octanol–water partition coefficient (Wildman–Crippen LogP) is 3.34. The van der Waals surface area contributed by atoms with E-state index in [-0.39, 0.29) is 11.3 Å². The van der Waals surface area contributed by atoms with Crippen molar-refractivity contribution in [1.82, 2.24) is 0 Å². The average Bonchev–Trinajstić information content (AvgIpc) is 2.40. The van der Waals surface area contributed by atoms with Crippen LogP contribution < -0.4 is 4.74 Å². The van der Waals surface area contributed by atoms with E-state index in [0.717, 1.165) is 0 Å². The van der Waals surface area contributed by atoms with Gasteiger partial charge in [-0.15, -0.1) is 6.58 Å². The second kappa shape index (κ2) is 5.87. The number of hydrogen-bond donors (Lipinski definition) is 1. The summed E-state index contributed by atoms with van der Waals surface area (Å²) in [5.41, 5.74) is 0.877. The lowest BCUT2D eigenvalue weighted by molar-refractivity contribution is 0.0730. The Morgan fingerprint density at radius 2 is 1.89 bits per heavy atom. The number of benzene rings is 2. The van der Waals surface area contributed by atoms with Crippen LogP contribution in [-0.4, -0.2) is 11.1 Å². The van der Waals surface area contributed by atoms with E-state index >= 15 is 0 Å². The first-order valence-electron chi connectivity index (χ1n) is 5.91. The fourth-order valence-electron chi connectivity index (χ4n) is 1.79. The number of phenols is 1. The Hall–Kier alpha value is -2.55. The van der Waals surface area contributed by atoms with Crippen molar-refractivity contribution in [1.29, 1.82) is 0 Å². The van der Waals surface area contributed by atoms with E-state index < -0.39 is 5.97 Å². The summed E-state index contributed by atoms with van der Waals surface area (Å²) in [6.45, 7) is 3.64. The van der Waals surface area contributed by atoms with Crippen LogP contribution in [0.4, 0.5) is 0 Å². The number of esters is 1. The lowest BCUT2D eigenvalue weighted by Crippen LogP contribution is -2.11. The molecule has 3 heteroatoms. The van der Waals surface area contributed by atoms with Gasteiger partial charge in [-0.25, -0.2) is 4.79 Å². The van der Waals surface area contributed by atoms with Gasteiger partial charge in [0, 0.05) is 0 Å². The quantitative estimate of drug-likeness (QED) is 0.517. The standard InChI is InChI=1S/C16H14O3/c1-2-7-12-8-6-11-14(17)15(12)16(18)19-13-9-4-3-5-10-13/h2-6,8-11,17H,1,7H2. The van der Waals surface area contributed by atoms with Gasteiger partial charge in [0.1, 0.15) is 17.1 Å². The number of para-hydroxylation sites is 1. The van der Waals surface area contributed by atoms with Crippen LogP contribution in [0.15, 0.2) is 61.2 Å². The zero-order chi connectivity index (χ0) is 13.7. The van der Waals surface area contributed by atoms with Crippen molar-refractivity contribution in [2.75, 3.05) is 0 Å². The number of hydrogen-bond acceptors (Lipinski definition) is 3. The molecule has 1 N–H and O–H groups in total. The molecular formula is C16H14O3. The molecule has 0 amide bonds. The minimum atomic E-state index is -0.568. The van der Waals surface area contributed by atoms with Gasteiger partial charge in [-0.2, -0.15) is 0 Å². The molecule has 0 spiro atoms. The summed E-state index contributed by atoms with van der Waals surface area (Å²) in [5.74, 6) is -0.207. The van der Waals surface area contributed by atoms with Gasteiger partial charge < -0.3 is 9.84 Å². The zero-order valence-electron chi connectivity index (χ0n) is 10.4. The lowest BCUT2D eigenvalue weighted by Gasteiger charge is -2.09. The molecule has 0 fully saturated rings. The average molecular weight is 254 g/mol. The predicted molar refractivity (Wildman–Crippen MR) is 73.4 cm³/mol. The second-order valence-electron chi connectivity index (χ2n) is 4.01. The number of phenolic OH excluding ortho intramolecular Hbond substituents is 1. The lowest BCUT2D eigenvalue weighted by atomic mass is 10.0. The SMILES string of the molecule is C=CCc1cccc(O)c1C(=O)Oc1ccccc1. The van der Waals surface area contributed by atoms with Crippen molar-refractivity contribution in [3.05, 3.63) is 72.3 Å². The van der Waals surface area contributed by atoms with Crippen LogP contribution in [0.3, 0.4) is 0 Å². The fraction of sp³-hybridized carbons (Fsp3) is 0.0625. The molecule has 0 saturated carbocycles. The number of ether oxygens (including phenoxy) is 1. The van der Waals surface area contributed by atoms with Gasteiger partial charge in [0.2, 0.25) is 0 Å². The minimum absolute atomic E-state index is 0.0831. The first-order chi connectivity index (χ1) is 9.22. The highest BCUT2D eigenvalue weighted by molar-refractivity contribution is 5.95. The van der Waals surface area contributed by atoms with Crippen LogP contribution in [0, 0.1) is 0 Å². The second-order valence-corrected chi connectivity index (χ2v) is 4.01. The van der Waals surface area contributed by atoms with Gasteiger partial charge in [0.25, 0.3) is 0 Å². The first kappa shape index (κ1) is 12.9. The summed E-state index contributed by atoms with van der Waals surface area (Å²) in [4.78, 5) is 12.1. The number of carbonyl (C=O) groups excluding carboxylic acids is 1. The van der Waals surface area contributed by atoms with E-state index in [1.54, 1.807) is 42.5 Å². The van der Waals surface area contributed by atoms with E-state index in [1.807, 2.05) is 6.07 Å². The summed E-state index contributed by atoms with van der Waals surface area (Å²) < 4.78 is 5.24. The van der Waals surface area contributed by atoms with E-state index in [4.69, 9.17) is 4.74 Å². The number of allylic oxidation sites excluding steroid dienone is 1. The van der Waals surface area contributed by atoms with Crippen molar-refractivity contribution in [2.24, 2.45) is 0 Å². The molecule has 0 aliphatic rings. The van der Waals surface area contributed by atoms with Crippen LogP contribution in [0.2, 0.25) is 0 Å².